The highest BCUT2D eigenvalue weighted by molar-refractivity contribution is 5.73. The van der Waals surface area contributed by atoms with E-state index in [1.165, 1.54) is 19.2 Å². The number of ether oxygens (including phenoxy) is 1. The molecule has 0 amide bonds. The summed E-state index contributed by atoms with van der Waals surface area (Å²) in [6.45, 7) is 1.57. The Kier molecular flexibility index (Phi) is 3.84. The Labute approximate surface area is 92.8 Å². The van der Waals surface area contributed by atoms with Crippen LogP contribution in [-0.4, -0.2) is 24.2 Å². The van der Waals surface area contributed by atoms with E-state index in [2.05, 4.69) is 0 Å². The molecule has 4 nitrogen and oxygen atoms in total. The summed E-state index contributed by atoms with van der Waals surface area (Å²) in [5.74, 6) is -1.12. The lowest BCUT2D eigenvalue weighted by atomic mass is 10.0. The van der Waals surface area contributed by atoms with Gasteiger partial charge in [-0.1, -0.05) is 6.07 Å². The first-order chi connectivity index (χ1) is 7.47. The van der Waals surface area contributed by atoms with Crippen LogP contribution in [0.2, 0.25) is 0 Å². The van der Waals surface area contributed by atoms with Gasteiger partial charge in [-0.15, -0.1) is 0 Å². The maximum absolute atomic E-state index is 13.2. The molecule has 1 rings (SSSR count). The van der Waals surface area contributed by atoms with Crippen LogP contribution < -0.4 is 10.5 Å². The summed E-state index contributed by atoms with van der Waals surface area (Å²) in [4.78, 5) is 10.6. The summed E-state index contributed by atoms with van der Waals surface area (Å²) < 4.78 is 18.3. The van der Waals surface area contributed by atoms with Gasteiger partial charge in [0.1, 0.15) is 17.6 Å². The summed E-state index contributed by atoms with van der Waals surface area (Å²) in [5, 5.41) is 8.69. The van der Waals surface area contributed by atoms with Gasteiger partial charge < -0.3 is 15.6 Å². The van der Waals surface area contributed by atoms with Crippen LogP contribution >= 0.6 is 0 Å². The minimum Gasteiger partial charge on any atom is -0.496 e. The highest BCUT2D eigenvalue weighted by atomic mass is 19.1. The van der Waals surface area contributed by atoms with Crippen LogP contribution in [0.25, 0.3) is 0 Å². The molecule has 1 aromatic rings. The second kappa shape index (κ2) is 4.94. The molecule has 0 aliphatic rings. The Morgan fingerprint density at radius 2 is 2.25 bits per heavy atom. The van der Waals surface area contributed by atoms with Crippen LogP contribution in [0.5, 0.6) is 5.75 Å². The standard InChI is InChI=1S/C11H14FNO3/c1-6-8(12)4-3-7(10(6)16-2)5-9(13)11(14)15/h3-4,9H,5,13H2,1-2H3,(H,14,15). The normalized spacial score (nSPS) is 12.2. The lowest BCUT2D eigenvalue weighted by Gasteiger charge is -2.13. The summed E-state index contributed by atoms with van der Waals surface area (Å²) in [6.07, 6.45) is 0.111. The number of hydrogen-bond donors (Lipinski definition) is 2. The van der Waals surface area contributed by atoms with Crippen molar-refractivity contribution in [3.8, 4) is 5.75 Å². The monoisotopic (exact) mass is 227 g/mol. The fraction of sp³-hybridized carbons (Fsp3) is 0.364. The smallest absolute Gasteiger partial charge is 0.320 e. The summed E-state index contributed by atoms with van der Waals surface area (Å²) in [7, 11) is 1.41. The molecule has 3 N–H and O–H groups in total. The van der Waals surface area contributed by atoms with Gasteiger partial charge in [0.05, 0.1) is 7.11 Å². The number of nitrogens with two attached hydrogens (primary N) is 1. The molecule has 0 fully saturated rings. The summed E-state index contributed by atoms with van der Waals surface area (Å²) in [6, 6.07) is 1.75. The molecular weight excluding hydrogens is 213 g/mol. The molecule has 1 unspecified atom stereocenters. The highest BCUT2D eigenvalue weighted by Gasteiger charge is 2.17. The number of benzene rings is 1. The fourth-order valence-electron chi connectivity index (χ4n) is 1.49. The molecule has 0 radical (unpaired) electrons. The van der Waals surface area contributed by atoms with Crippen molar-refractivity contribution < 1.29 is 19.0 Å². The van der Waals surface area contributed by atoms with E-state index in [4.69, 9.17) is 15.6 Å². The van der Waals surface area contributed by atoms with Crippen molar-refractivity contribution in [3.63, 3.8) is 0 Å². The lowest BCUT2D eigenvalue weighted by molar-refractivity contribution is -0.138. The molecule has 0 aromatic heterocycles. The predicted octanol–water partition coefficient (Wildman–Crippen LogP) is 1.10. The van der Waals surface area contributed by atoms with Crippen LogP contribution in [0, 0.1) is 12.7 Å². The Morgan fingerprint density at radius 1 is 1.62 bits per heavy atom. The second-order valence-corrected chi connectivity index (χ2v) is 3.51. The first-order valence-electron chi connectivity index (χ1n) is 4.77. The Balaban J connectivity index is 3.05. The zero-order chi connectivity index (χ0) is 12.3. The molecule has 1 aromatic carbocycles. The molecule has 1 atom stereocenters. The minimum atomic E-state index is -1.09. The number of carboxylic acid groups (broad SMARTS) is 1. The number of carboxylic acids is 1. The molecule has 16 heavy (non-hydrogen) atoms. The molecule has 0 saturated heterocycles. The summed E-state index contributed by atoms with van der Waals surface area (Å²) >= 11 is 0. The largest absolute Gasteiger partial charge is 0.496 e. The van der Waals surface area contributed by atoms with E-state index in [0.29, 0.717) is 16.9 Å². The number of carbonyl (C=O) groups is 1. The van der Waals surface area contributed by atoms with Crippen LogP contribution in [0.15, 0.2) is 12.1 Å². The van der Waals surface area contributed by atoms with Gasteiger partial charge in [0.15, 0.2) is 0 Å². The van der Waals surface area contributed by atoms with Gasteiger partial charge in [-0.2, -0.15) is 0 Å². The van der Waals surface area contributed by atoms with Gasteiger partial charge in [0.25, 0.3) is 0 Å². The van der Waals surface area contributed by atoms with E-state index >= 15 is 0 Å². The third kappa shape index (κ3) is 2.49. The molecule has 0 aliphatic carbocycles. The van der Waals surface area contributed by atoms with E-state index in [-0.39, 0.29) is 12.2 Å². The van der Waals surface area contributed by atoms with Crippen LogP contribution in [0.1, 0.15) is 11.1 Å². The van der Waals surface area contributed by atoms with E-state index < -0.39 is 12.0 Å². The van der Waals surface area contributed by atoms with E-state index in [1.54, 1.807) is 6.92 Å². The van der Waals surface area contributed by atoms with Crippen molar-refractivity contribution in [3.05, 3.63) is 29.1 Å². The Morgan fingerprint density at radius 3 is 2.75 bits per heavy atom. The van der Waals surface area contributed by atoms with Gasteiger partial charge in [0.2, 0.25) is 0 Å². The minimum absolute atomic E-state index is 0.111. The highest BCUT2D eigenvalue weighted by Crippen LogP contribution is 2.26. The van der Waals surface area contributed by atoms with Gasteiger partial charge in [0, 0.05) is 12.0 Å². The Hall–Kier alpha value is -1.62. The molecule has 0 saturated carbocycles. The zero-order valence-corrected chi connectivity index (χ0v) is 9.16. The fourth-order valence-corrected chi connectivity index (χ4v) is 1.49. The van der Waals surface area contributed by atoms with Crippen molar-refractivity contribution >= 4 is 5.97 Å². The van der Waals surface area contributed by atoms with Crippen molar-refractivity contribution in [2.45, 2.75) is 19.4 Å². The zero-order valence-electron chi connectivity index (χ0n) is 9.16. The van der Waals surface area contributed by atoms with Crippen LogP contribution in [0.3, 0.4) is 0 Å². The van der Waals surface area contributed by atoms with Gasteiger partial charge in [-0.3, -0.25) is 4.79 Å². The average Bonchev–Trinajstić information content (AvgIpc) is 2.23. The third-order valence-electron chi connectivity index (χ3n) is 2.38. The van der Waals surface area contributed by atoms with Crippen molar-refractivity contribution in [1.82, 2.24) is 0 Å². The second-order valence-electron chi connectivity index (χ2n) is 3.51. The summed E-state index contributed by atoms with van der Waals surface area (Å²) in [5.41, 5.74) is 6.36. The van der Waals surface area contributed by atoms with Gasteiger partial charge in [-0.25, -0.2) is 4.39 Å². The van der Waals surface area contributed by atoms with Crippen molar-refractivity contribution in [2.24, 2.45) is 5.73 Å². The molecule has 5 heteroatoms. The lowest BCUT2D eigenvalue weighted by Crippen LogP contribution is -2.32. The quantitative estimate of drug-likeness (QED) is 0.807. The maximum Gasteiger partial charge on any atom is 0.320 e. The number of rotatable bonds is 4. The maximum atomic E-state index is 13.2. The van der Waals surface area contributed by atoms with E-state index in [0.717, 1.165) is 0 Å². The third-order valence-corrected chi connectivity index (χ3v) is 2.38. The number of aliphatic carboxylic acids is 1. The van der Waals surface area contributed by atoms with Crippen LogP contribution in [-0.2, 0) is 11.2 Å². The Bertz CT molecular complexity index is 406. The SMILES string of the molecule is COc1c(CC(N)C(=O)O)ccc(F)c1C. The van der Waals surface area contributed by atoms with Gasteiger partial charge in [-0.05, 0) is 18.6 Å². The molecule has 0 heterocycles. The predicted molar refractivity (Wildman–Crippen MR) is 57.0 cm³/mol. The topological polar surface area (TPSA) is 72.5 Å². The first kappa shape index (κ1) is 12.4. The van der Waals surface area contributed by atoms with Crippen LogP contribution in [0.4, 0.5) is 4.39 Å². The molecular formula is C11H14FNO3. The van der Waals surface area contributed by atoms with Gasteiger partial charge >= 0.3 is 5.97 Å². The van der Waals surface area contributed by atoms with E-state index in [1.807, 2.05) is 0 Å². The first-order valence-corrected chi connectivity index (χ1v) is 4.77. The molecule has 0 spiro atoms. The van der Waals surface area contributed by atoms with Crippen molar-refractivity contribution in [2.75, 3.05) is 7.11 Å². The average molecular weight is 227 g/mol. The molecule has 0 aliphatic heterocycles. The molecule has 88 valence electrons. The number of methoxy groups -OCH3 is 1. The van der Waals surface area contributed by atoms with E-state index in [9.17, 15) is 9.18 Å². The number of hydrogen-bond acceptors (Lipinski definition) is 3. The van der Waals surface area contributed by atoms with Crippen molar-refractivity contribution in [1.29, 1.82) is 0 Å². The number of halogens is 1. The molecule has 0 bridgehead atoms.